The SMILES string of the molecule is c1ccc(-c2ccc(N3c4cc(-n5c6ccccc6c6ccccc65)cc5c4B(c4ccc6c(c43)-c3ccccc3C63c4ccccc4-c4ccccc43)c3ccc4c(c3N5c3cccc5c3-c3ccccc3C53c5ccccc5-c5ccccc53)C3(c5ccccc5-c5ccccc53)c3ccccc3-4)cc2)cc1. The third-order valence-corrected chi connectivity index (χ3v) is 26.6. The summed E-state index contributed by atoms with van der Waals surface area (Å²) >= 11 is 0. The van der Waals surface area contributed by atoms with Crippen molar-refractivity contribution in [3.05, 3.63) is 443 Å². The molecule has 1 aromatic heterocycles. The molecular formula is C105H62BN3. The van der Waals surface area contributed by atoms with Crippen LogP contribution < -0.4 is 26.2 Å². The molecule has 3 heterocycles. The summed E-state index contributed by atoms with van der Waals surface area (Å²) in [6.07, 6.45) is 0. The second-order valence-corrected chi connectivity index (χ2v) is 31.0. The quantitative estimate of drug-likeness (QED) is 0.163. The number of benzene rings is 17. The number of aromatic nitrogens is 1. The standard InChI is InChI=1S/C105H62BN3/c1-2-27-63(28-3-1)64-53-55-65(56-54-64)108-95-61-66(107-92-50-24-13-36-74(92)75-37-14-25-51-93(75)107)62-96-100(95)106(90-60-58-89-98(101(90)108)78-39-12-23-48-87(78)104(89)81-42-17-6-31-69(81)70-32-7-18-43-82(70)104)91-59-57-76-73-35-10-21-46-85(73)105(83-44-19-8-33-71(83)72-34-9-20-45-84(72)105)99(76)102(91)109(96)94-52-26-49-88-97(94)77-38-11-22-47-86(77)103(88)79-40-15-4-29-67(79)68-30-5-16-41-80(68)103/h1-62H. The van der Waals surface area contributed by atoms with Crippen LogP contribution in [0, 0.1) is 0 Å². The maximum Gasteiger partial charge on any atom is 0.252 e. The summed E-state index contributed by atoms with van der Waals surface area (Å²) in [5.41, 5.74) is 45.6. The largest absolute Gasteiger partial charge is 0.311 e. The topological polar surface area (TPSA) is 11.4 Å². The number of hydrogen-bond donors (Lipinski definition) is 0. The monoisotopic (exact) mass is 1380 g/mol. The van der Waals surface area contributed by atoms with Crippen molar-refractivity contribution in [1.29, 1.82) is 0 Å². The fraction of sp³-hybridized carbons (Fsp3) is 0.0286. The first-order valence-corrected chi connectivity index (χ1v) is 38.4. The van der Waals surface area contributed by atoms with Gasteiger partial charge in [-0.1, -0.05) is 334 Å². The van der Waals surface area contributed by atoms with Gasteiger partial charge >= 0.3 is 0 Å². The first kappa shape index (κ1) is 58.5. The molecule has 3 spiro atoms. The van der Waals surface area contributed by atoms with Crippen molar-refractivity contribution >= 4 is 79.0 Å². The summed E-state index contributed by atoms with van der Waals surface area (Å²) in [5.74, 6) is 0. The highest BCUT2D eigenvalue weighted by molar-refractivity contribution is 7.00. The minimum Gasteiger partial charge on any atom is -0.311 e. The first-order valence-electron chi connectivity index (χ1n) is 38.4. The molecular weight excluding hydrogens is 1310 g/mol. The highest BCUT2D eigenvalue weighted by Gasteiger charge is 2.60. The van der Waals surface area contributed by atoms with Gasteiger partial charge in [-0.15, -0.1) is 0 Å². The summed E-state index contributed by atoms with van der Waals surface area (Å²) in [6, 6.07) is 146. The van der Waals surface area contributed by atoms with Crippen molar-refractivity contribution in [2.24, 2.45) is 0 Å². The molecule has 0 bridgehead atoms. The highest BCUT2D eigenvalue weighted by Crippen LogP contribution is 2.70. The minimum atomic E-state index is -0.746. The molecule has 0 N–H and O–H groups in total. The first-order chi connectivity index (χ1) is 54.1. The second kappa shape index (κ2) is 20.8. The average Bonchev–Trinajstić information content (AvgIpc) is 1.48. The molecule has 0 fully saturated rings. The predicted molar refractivity (Wildman–Crippen MR) is 449 cm³/mol. The van der Waals surface area contributed by atoms with Gasteiger partial charge in [-0.3, -0.25) is 0 Å². The Morgan fingerprint density at radius 2 is 0.587 bits per heavy atom. The van der Waals surface area contributed by atoms with E-state index in [-0.39, 0.29) is 6.71 Å². The Morgan fingerprint density at radius 3 is 1.09 bits per heavy atom. The van der Waals surface area contributed by atoms with E-state index in [9.17, 15) is 0 Å². The van der Waals surface area contributed by atoms with E-state index >= 15 is 0 Å². The predicted octanol–water partition coefficient (Wildman–Crippen LogP) is 23.6. The van der Waals surface area contributed by atoms with Gasteiger partial charge in [0, 0.05) is 55.9 Å². The van der Waals surface area contributed by atoms with E-state index in [1.54, 1.807) is 0 Å². The molecule has 2 aliphatic heterocycles. The Hall–Kier alpha value is -13.8. The average molecular weight is 1380 g/mol. The fourth-order valence-electron chi connectivity index (χ4n) is 22.9. The summed E-state index contributed by atoms with van der Waals surface area (Å²) in [5, 5.41) is 2.44. The van der Waals surface area contributed by atoms with Gasteiger partial charge in [0.1, 0.15) is 0 Å². The van der Waals surface area contributed by atoms with Crippen LogP contribution in [-0.2, 0) is 16.2 Å². The normalized spacial score (nSPS) is 15.0. The van der Waals surface area contributed by atoms with Crippen LogP contribution in [0.5, 0.6) is 0 Å². The summed E-state index contributed by atoms with van der Waals surface area (Å²) in [7, 11) is 0. The molecule has 0 unspecified atom stereocenters. The van der Waals surface area contributed by atoms with Crippen LogP contribution in [0.3, 0.4) is 0 Å². The third kappa shape index (κ3) is 6.88. The van der Waals surface area contributed by atoms with Crippen LogP contribution in [-0.4, -0.2) is 11.3 Å². The Kier molecular flexibility index (Phi) is 11.2. The molecule has 500 valence electrons. The van der Waals surface area contributed by atoms with Crippen molar-refractivity contribution in [2.75, 3.05) is 9.80 Å². The molecule has 0 atom stereocenters. The molecule has 109 heavy (non-hydrogen) atoms. The van der Waals surface area contributed by atoms with Crippen molar-refractivity contribution in [3.63, 3.8) is 0 Å². The Morgan fingerprint density at radius 1 is 0.220 bits per heavy atom. The van der Waals surface area contributed by atoms with Gasteiger partial charge in [0.15, 0.2) is 0 Å². The Balaban J connectivity index is 0.868. The Labute approximate surface area is 631 Å². The van der Waals surface area contributed by atoms with E-state index in [0.717, 1.165) is 39.5 Å². The zero-order valence-corrected chi connectivity index (χ0v) is 59.2. The van der Waals surface area contributed by atoms with Gasteiger partial charge in [-0.25, -0.2) is 0 Å². The lowest BCUT2D eigenvalue weighted by molar-refractivity contribution is 0.791. The molecule has 0 saturated carbocycles. The maximum atomic E-state index is 2.85. The Bertz CT molecular complexity index is 6950. The van der Waals surface area contributed by atoms with E-state index < -0.39 is 16.2 Å². The molecule has 0 amide bonds. The lowest BCUT2D eigenvalue weighted by atomic mass is 9.33. The number of anilines is 6. The van der Waals surface area contributed by atoms with Crippen molar-refractivity contribution < 1.29 is 0 Å². The van der Waals surface area contributed by atoms with Crippen molar-refractivity contribution in [1.82, 2.24) is 4.57 Å². The van der Waals surface area contributed by atoms with E-state index in [0.29, 0.717) is 0 Å². The molecule has 8 aliphatic rings. The van der Waals surface area contributed by atoms with Crippen molar-refractivity contribution in [3.8, 4) is 83.6 Å². The van der Waals surface area contributed by atoms with Crippen molar-refractivity contribution in [2.45, 2.75) is 16.2 Å². The summed E-state index contributed by atoms with van der Waals surface area (Å²) < 4.78 is 2.59. The molecule has 0 saturated heterocycles. The number of hydrogen-bond acceptors (Lipinski definition) is 2. The molecule has 0 radical (unpaired) electrons. The van der Waals surface area contributed by atoms with Crippen LogP contribution in [0.1, 0.15) is 66.8 Å². The van der Waals surface area contributed by atoms with Crippen LogP contribution >= 0.6 is 0 Å². The lowest BCUT2D eigenvalue weighted by Crippen LogP contribution is -2.62. The van der Waals surface area contributed by atoms with Crippen LogP contribution in [0.25, 0.3) is 105 Å². The van der Waals surface area contributed by atoms with Gasteiger partial charge in [0.05, 0.1) is 38.7 Å². The molecule has 17 aromatic carbocycles. The van der Waals surface area contributed by atoms with Crippen LogP contribution in [0.4, 0.5) is 34.1 Å². The van der Waals surface area contributed by atoms with Gasteiger partial charge < -0.3 is 14.4 Å². The van der Waals surface area contributed by atoms with E-state index in [1.165, 1.54) is 183 Å². The van der Waals surface area contributed by atoms with E-state index in [4.69, 9.17) is 0 Å². The number of para-hydroxylation sites is 2. The smallest absolute Gasteiger partial charge is 0.252 e. The summed E-state index contributed by atoms with van der Waals surface area (Å²) in [4.78, 5) is 5.59. The van der Waals surface area contributed by atoms with Crippen LogP contribution in [0.2, 0.25) is 0 Å². The minimum absolute atomic E-state index is 0.294. The number of rotatable bonds is 4. The highest BCUT2D eigenvalue weighted by atomic mass is 15.2. The van der Waals surface area contributed by atoms with E-state index in [2.05, 4.69) is 390 Å². The molecule has 26 rings (SSSR count). The van der Waals surface area contributed by atoms with E-state index in [1.807, 2.05) is 0 Å². The maximum absolute atomic E-state index is 2.85. The van der Waals surface area contributed by atoms with Crippen LogP contribution in [0.15, 0.2) is 376 Å². The van der Waals surface area contributed by atoms with Gasteiger partial charge in [-0.05, 0) is 187 Å². The molecule has 4 heteroatoms. The van der Waals surface area contributed by atoms with Gasteiger partial charge in [-0.2, -0.15) is 0 Å². The zero-order valence-electron chi connectivity index (χ0n) is 59.2. The third-order valence-electron chi connectivity index (χ3n) is 26.6. The second-order valence-electron chi connectivity index (χ2n) is 31.0. The molecule has 6 aliphatic carbocycles. The zero-order chi connectivity index (χ0) is 70.7. The lowest BCUT2D eigenvalue weighted by Gasteiger charge is -2.47. The summed E-state index contributed by atoms with van der Waals surface area (Å²) in [6.45, 7) is -0.294. The number of fused-ring (bicyclic) bond motifs is 39. The molecule has 3 nitrogen and oxygen atoms in total. The van der Waals surface area contributed by atoms with Gasteiger partial charge in [0.2, 0.25) is 0 Å². The number of nitrogens with zero attached hydrogens (tertiary/aromatic N) is 3. The fourth-order valence-corrected chi connectivity index (χ4v) is 22.9. The van der Waals surface area contributed by atoms with Gasteiger partial charge in [0.25, 0.3) is 6.71 Å². The molecule has 18 aromatic rings.